The number of hydrogen-bond acceptors (Lipinski definition) is 6. The number of aromatic nitrogens is 3. The zero-order chi connectivity index (χ0) is 23.0. The van der Waals surface area contributed by atoms with Crippen LogP contribution in [0, 0.1) is 0 Å². The second-order valence-electron chi connectivity index (χ2n) is 8.78. The molecule has 0 unspecified atom stereocenters. The van der Waals surface area contributed by atoms with Crippen molar-refractivity contribution in [2.75, 3.05) is 54.8 Å². The molecule has 1 aromatic carbocycles. The Bertz CT molecular complexity index is 994. The summed E-state index contributed by atoms with van der Waals surface area (Å²) in [6.45, 7) is 4.01. The third-order valence-electron chi connectivity index (χ3n) is 6.44. The monoisotopic (exact) mass is 480 g/mol. The normalized spacial score (nSPS) is 19.4. The number of thioether (sulfide) groups is 1. The minimum atomic E-state index is -4.36. The number of carbonyl (C=O) groups excluding carboxylic acids is 1. The Morgan fingerprint density at radius 1 is 1.00 bits per heavy atom. The lowest BCUT2D eigenvalue weighted by Crippen LogP contribution is -2.49. The zero-order valence-electron chi connectivity index (χ0n) is 18.3. The highest BCUT2D eigenvalue weighted by Gasteiger charge is 2.33. The minimum Gasteiger partial charge on any atom is -0.368 e. The van der Waals surface area contributed by atoms with Gasteiger partial charge in [0.05, 0.1) is 11.3 Å². The predicted octanol–water partition coefficient (Wildman–Crippen LogP) is 3.67. The molecule has 0 bridgehead atoms. The number of carbonyl (C=O) groups is 1. The van der Waals surface area contributed by atoms with Crippen LogP contribution < -0.4 is 9.80 Å². The average Bonchev–Trinajstić information content (AvgIpc) is 3.33. The molecule has 178 valence electrons. The highest BCUT2D eigenvalue weighted by Crippen LogP contribution is 2.41. The first-order valence-electron chi connectivity index (χ1n) is 11.4. The van der Waals surface area contributed by atoms with Gasteiger partial charge in [0, 0.05) is 51.0 Å². The molecule has 0 atom stereocenters. The molecule has 0 radical (unpaired) electrons. The molecule has 5 rings (SSSR count). The largest absolute Gasteiger partial charge is 0.416 e. The summed E-state index contributed by atoms with van der Waals surface area (Å²) in [5.41, 5.74) is -0.110. The van der Waals surface area contributed by atoms with Crippen molar-refractivity contribution in [3.63, 3.8) is 0 Å². The van der Waals surface area contributed by atoms with Gasteiger partial charge < -0.3 is 14.7 Å². The summed E-state index contributed by atoms with van der Waals surface area (Å²) < 4.78 is 41.2. The Hall–Kier alpha value is -2.43. The van der Waals surface area contributed by atoms with Crippen molar-refractivity contribution in [2.45, 2.75) is 43.1 Å². The molecule has 2 saturated heterocycles. The molecule has 3 fully saturated rings. The third-order valence-corrected chi connectivity index (χ3v) is 7.37. The van der Waals surface area contributed by atoms with E-state index in [9.17, 15) is 18.0 Å². The number of alkyl halides is 3. The van der Waals surface area contributed by atoms with Crippen molar-refractivity contribution in [3.05, 3.63) is 29.8 Å². The fourth-order valence-corrected chi connectivity index (χ4v) is 5.37. The molecule has 7 nitrogen and oxygen atoms in total. The van der Waals surface area contributed by atoms with E-state index < -0.39 is 11.7 Å². The van der Waals surface area contributed by atoms with Gasteiger partial charge in [-0.1, -0.05) is 17.8 Å². The first-order valence-corrected chi connectivity index (χ1v) is 12.4. The standard InChI is InChI=1S/C22H27F3N6OS/c23-22(24,25)16-4-3-5-18(14-16)28-10-12-29(13-11-28)19(32)15-33-21-27-26-20(30-8-1-2-9-30)31(21)17-6-7-17/h3-5,14,17H,1-2,6-13,15H2. The number of piperazine rings is 1. The van der Waals surface area contributed by atoms with Crippen LogP contribution in [0.4, 0.5) is 24.8 Å². The lowest BCUT2D eigenvalue weighted by Gasteiger charge is -2.36. The SMILES string of the molecule is O=C(CSc1nnc(N2CCCC2)n1C1CC1)N1CCN(c2cccc(C(F)(F)F)c2)CC1. The maximum absolute atomic E-state index is 13.0. The quantitative estimate of drug-likeness (QED) is 0.588. The van der Waals surface area contributed by atoms with Crippen LogP contribution in [0.5, 0.6) is 0 Å². The Morgan fingerprint density at radius 2 is 1.73 bits per heavy atom. The summed E-state index contributed by atoms with van der Waals surface area (Å²) in [5, 5.41) is 9.61. The van der Waals surface area contributed by atoms with E-state index in [2.05, 4.69) is 19.7 Å². The van der Waals surface area contributed by atoms with E-state index in [0.29, 0.717) is 37.9 Å². The van der Waals surface area contributed by atoms with Crippen LogP contribution in [0.15, 0.2) is 29.4 Å². The summed E-state index contributed by atoms with van der Waals surface area (Å²) in [6, 6.07) is 5.81. The van der Waals surface area contributed by atoms with Crippen molar-refractivity contribution in [1.82, 2.24) is 19.7 Å². The van der Waals surface area contributed by atoms with Gasteiger partial charge in [0.1, 0.15) is 0 Å². The smallest absolute Gasteiger partial charge is 0.368 e. The molecule has 1 aromatic heterocycles. The topological polar surface area (TPSA) is 57.5 Å². The number of rotatable bonds is 6. The van der Waals surface area contributed by atoms with E-state index in [4.69, 9.17) is 0 Å². The summed E-state index contributed by atoms with van der Waals surface area (Å²) in [5.74, 6) is 1.24. The third kappa shape index (κ3) is 4.92. The summed E-state index contributed by atoms with van der Waals surface area (Å²) in [7, 11) is 0. The van der Waals surface area contributed by atoms with Crippen molar-refractivity contribution >= 4 is 29.3 Å². The van der Waals surface area contributed by atoms with Crippen molar-refractivity contribution in [2.24, 2.45) is 0 Å². The van der Waals surface area contributed by atoms with Crippen LogP contribution >= 0.6 is 11.8 Å². The second-order valence-corrected chi connectivity index (χ2v) is 9.73. The van der Waals surface area contributed by atoms with Gasteiger partial charge in [-0.05, 0) is 43.9 Å². The van der Waals surface area contributed by atoms with Crippen molar-refractivity contribution < 1.29 is 18.0 Å². The zero-order valence-corrected chi connectivity index (χ0v) is 19.1. The Morgan fingerprint density at radius 3 is 2.39 bits per heavy atom. The first kappa shape index (κ1) is 22.4. The van der Waals surface area contributed by atoms with E-state index in [0.717, 1.165) is 43.1 Å². The van der Waals surface area contributed by atoms with E-state index >= 15 is 0 Å². The lowest BCUT2D eigenvalue weighted by molar-refractivity contribution is -0.137. The second kappa shape index (κ2) is 9.08. The van der Waals surface area contributed by atoms with E-state index in [1.807, 2.05) is 4.90 Å². The molecule has 2 aromatic rings. The summed E-state index contributed by atoms with van der Waals surface area (Å²) >= 11 is 1.43. The molecule has 3 aliphatic rings. The molecule has 0 N–H and O–H groups in total. The number of hydrogen-bond donors (Lipinski definition) is 0. The highest BCUT2D eigenvalue weighted by atomic mass is 32.2. The maximum Gasteiger partial charge on any atom is 0.416 e. The number of anilines is 2. The van der Waals surface area contributed by atoms with E-state index in [1.54, 1.807) is 11.0 Å². The number of benzene rings is 1. The molecular formula is C22H27F3N6OS. The predicted molar refractivity (Wildman–Crippen MR) is 121 cm³/mol. The fourth-order valence-electron chi connectivity index (χ4n) is 4.46. The van der Waals surface area contributed by atoms with Gasteiger partial charge in [-0.15, -0.1) is 10.2 Å². The molecule has 1 saturated carbocycles. The minimum absolute atomic E-state index is 0.0248. The van der Waals surface area contributed by atoms with Gasteiger partial charge in [0.15, 0.2) is 5.16 Å². The van der Waals surface area contributed by atoms with Crippen LogP contribution in [0.25, 0.3) is 0 Å². The molecule has 0 spiro atoms. The fraction of sp³-hybridized carbons (Fsp3) is 0.591. The molecule has 1 amide bonds. The van der Waals surface area contributed by atoms with Crippen LogP contribution in [0.2, 0.25) is 0 Å². The lowest BCUT2D eigenvalue weighted by atomic mass is 10.1. The molecule has 3 heterocycles. The first-order chi connectivity index (χ1) is 15.9. The summed E-state index contributed by atoms with van der Waals surface area (Å²) in [6.07, 6.45) is 0.229. The van der Waals surface area contributed by atoms with Crippen LogP contribution in [-0.4, -0.2) is 70.6 Å². The molecule has 2 aliphatic heterocycles. The van der Waals surface area contributed by atoms with Gasteiger partial charge in [-0.25, -0.2) is 0 Å². The van der Waals surface area contributed by atoms with Crippen LogP contribution in [0.3, 0.4) is 0 Å². The van der Waals surface area contributed by atoms with Crippen LogP contribution in [-0.2, 0) is 11.0 Å². The van der Waals surface area contributed by atoms with Crippen LogP contribution in [0.1, 0.15) is 37.3 Å². The highest BCUT2D eigenvalue weighted by molar-refractivity contribution is 7.99. The van der Waals surface area contributed by atoms with Gasteiger partial charge in [0.25, 0.3) is 0 Å². The Labute approximate surface area is 194 Å². The van der Waals surface area contributed by atoms with Crippen molar-refractivity contribution in [1.29, 1.82) is 0 Å². The number of nitrogens with zero attached hydrogens (tertiary/aromatic N) is 6. The maximum atomic E-state index is 13.0. The Kier molecular flexibility index (Phi) is 6.15. The average molecular weight is 481 g/mol. The van der Waals surface area contributed by atoms with Crippen molar-refractivity contribution in [3.8, 4) is 0 Å². The van der Waals surface area contributed by atoms with Gasteiger partial charge in [0.2, 0.25) is 11.9 Å². The van der Waals surface area contributed by atoms with E-state index in [1.165, 1.54) is 36.7 Å². The van der Waals surface area contributed by atoms with Gasteiger partial charge >= 0.3 is 6.18 Å². The molecule has 1 aliphatic carbocycles. The number of halogens is 3. The molecule has 11 heteroatoms. The van der Waals surface area contributed by atoms with E-state index in [-0.39, 0.29) is 11.7 Å². The number of amides is 1. The molecule has 33 heavy (non-hydrogen) atoms. The molecular weight excluding hydrogens is 453 g/mol. The van der Waals surface area contributed by atoms with Gasteiger partial charge in [-0.3, -0.25) is 9.36 Å². The van der Waals surface area contributed by atoms with Gasteiger partial charge in [-0.2, -0.15) is 13.2 Å². The summed E-state index contributed by atoms with van der Waals surface area (Å²) in [4.78, 5) is 18.8. The Balaban J connectivity index is 1.17.